The van der Waals surface area contributed by atoms with E-state index in [1.165, 1.54) is 4.31 Å². The normalized spacial score (nSPS) is 21.2. The van der Waals surface area contributed by atoms with Crippen LogP contribution in [-0.4, -0.2) is 59.7 Å². The Balaban J connectivity index is 1.93. The monoisotopic (exact) mass is 384 g/mol. The van der Waals surface area contributed by atoms with Crippen LogP contribution < -0.4 is 0 Å². The van der Waals surface area contributed by atoms with Gasteiger partial charge in [0.2, 0.25) is 15.9 Å². The van der Waals surface area contributed by atoms with Crippen LogP contribution in [0, 0.1) is 5.92 Å². The quantitative estimate of drug-likeness (QED) is 0.720. The van der Waals surface area contributed by atoms with E-state index in [9.17, 15) is 13.2 Å². The van der Waals surface area contributed by atoms with Crippen LogP contribution in [0.3, 0.4) is 0 Å². The molecule has 1 aromatic heterocycles. The zero-order valence-electron chi connectivity index (χ0n) is 16.6. The maximum atomic E-state index is 11.9. The molecule has 1 fully saturated rings. The Kier molecular flexibility index (Phi) is 6.85. The standard InChI is InChI=1S/C18H32N4O3S/c1-6-26(24,25)21(4)12-15-7-9-16(10-8-15)18-11-17(22(5)19-18)13-20(3)14(2)23/h11,15-16H,6-10,12-13H2,1-5H3. The third-order valence-corrected chi connectivity index (χ3v) is 7.38. The van der Waals surface area contributed by atoms with Crippen molar-refractivity contribution in [3.05, 3.63) is 17.5 Å². The predicted molar refractivity (Wildman–Crippen MR) is 102 cm³/mol. The zero-order chi connectivity index (χ0) is 19.5. The molecule has 8 heteroatoms. The summed E-state index contributed by atoms with van der Waals surface area (Å²) < 4.78 is 27.2. The lowest BCUT2D eigenvalue weighted by Gasteiger charge is -2.30. The molecular weight excluding hydrogens is 352 g/mol. The highest BCUT2D eigenvalue weighted by Gasteiger charge is 2.27. The number of hydrogen-bond donors (Lipinski definition) is 0. The van der Waals surface area contributed by atoms with E-state index in [-0.39, 0.29) is 11.7 Å². The van der Waals surface area contributed by atoms with Crippen LogP contribution >= 0.6 is 0 Å². The van der Waals surface area contributed by atoms with Gasteiger partial charge in [0.05, 0.1) is 23.7 Å². The Labute approximate surface area is 157 Å². The Morgan fingerprint density at radius 3 is 2.42 bits per heavy atom. The van der Waals surface area contributed by atoms with Crippen molar-refractivity contribution in [3.63, 3.8) is 0 Å². The van der Waals surface area contributed by atoms with E-state index in [1.807, 2.05) is 11.7 Å². The van der Waals surface area contributed by atoms with Crippen molar-refractivity contribution in [1.82, 2.24) is 19.0 Å². The van der Waals surface area contributed by atoms with Gasteiger partial charge in [-0.3, -0.25) is 9.48 Å². The topological polar surface area (TPSA) is 75.5 Å². The van der Waals surface area contributed by atoms with Crippen molar-refractivity contribution in [1.29, 1.82) is 0 Å². The molecule has 0 aromatic carbocycles. The predicted octanol–water partition coefficient (Wildman–Crippen LogP) is 1.95. The Morgan fingerprint density at radius 1 is 1.27 bits per heavy atom. The fraction of sp³-hybridized carbons (Fsp3) is 0.778. The fourth-order valence-electron chi connectivity index (χ4n) is 3.57. The van der Waals surface area contributed by atoms with Crippen molar-refractivity contribution >= 4 is 15.9 Å². The Bertz CT molecular complexity index is 721. The number of nitrogens with zero attached hydrogens (tertiary/aromatic N) is 4. The van der Waals surface area contributed by atoms with Crippen molar-refractivity contribution in [2.75, 3.05) is 26.4 Å². The van der Waals surface area contributed by atoms with Gasteiger partial charge in [0.25, 0.3) is 0 Å². The minimum Gasteiger partial charge on any atom is -0.340 e. The molecule has 0 spiro atoms. The van der Waals surface area contributed by atoms with Gasteiger partial charge in [-0.05, 0) is 44.6 Å². The lowest BCUT2D eigenvalue weighted by Crippen LogP contribution is -2.34. The Hall–Kier alpha value is -1.41. The van der Waals surface area contributed by atoms with Gasteiger partial charge < -0.3 is 4.90 Å². The molecule has 1 saturated carbocycles. The van der Waals surface area contributed by atoms with Crippen LogP contribution in [-0.2, 0) is 28.4 Å². The molecular formula is C18H32N4O3S. The summed E-state index contributed by atoms with van der Waals surface area (Å²) in [4.78, 5) is 13.1. The molecule has 0 aliphatic heterocycles. The van der Waals surface area contributed by atoms with Gasteiger partial charge in [0.15, 0.2) is 0 Å². The maximum Gasteiger partial charge on any atom is 0.219 e. The van der Waals surface area contributed by atoms with Crippen molar-refractivity contribution in [2.24, 2.45) is 13.0 Å². The second kappa shape index (κ2) is 8.52. The first-order valence-corrected chi connectivity index (χ1v) is 10.9. The minimum atomic E-state index is -3.10. The third-order valence-electron chi connectivity index (χ3n) is 5.55. The van der Waals surface area contributed by atoms with Crippen molar-refractivity contribution < 1.29 is 13.2 Å². The molecule has 7 nitrogen and oxygen atoms in total. The summed E-state index contributed by atoms with van der Waals surface area (Å²) in [6.45, 7) is 4.42. The number of carbonyl (C=O) groups is 1. The molecule has 2 rings (SSSR count). The number of aromatic nitrogens is 2. The molecule has 0 radical (unpaired) electrons. The summed E-state index contributed by atoms with van der Waals surface area (Å²) in [7, 11) is 2.30. The van der Waals surface area contributed by atoms with Crippen LogP contribution in [0.2, 0.25) is 0 Å². The van der Waals surface area contributed by atoms with Crippen LogP contribution in [0.5, 0.6) is 0 Å². The van der Waals surface area contributed by atoms with E-state index >= 15 is 0 Å². The van der Waals surface area contributed by atoms with E-state index in [1.54, 1.807) is 32.8 Å². The summed E-state index contributed by atoms with van der Waals surface area (Å²) in [5.41, 5.74) is 2.13. The maximum absolute atomic E-state index is 11.9. The minimum absolute atomic E-state index is 0.0411. The molecule has 1 heterocycles. The average molecular weight is 385 g/mol. The molecule has 0 N–H and O–H groups in total. The summed E-state index contributed by atoms with van der Waals surface area (Å²) in [6.07, 6.45) is 4.11. The first-order chi connectivity index (χ1) is 12.1. The van der Waals surface area contributed by atoms with Gasteiger partial charge in [-0.15, -0.1) is 0 Å². The van der Waals surface area contributed by atoms with E-state index in [2.05, 4.69) is 11.2 Å². The second-order valence-corrected chi connectivity index (χ2v) is 9.82. The number of hydrogen-bond acceptors (Lipinski definition) is 4. The number of amides is 1. The smallest absolute Gasteiger partial charge is 0.219 e. The van der Waals surface area contributed by atoms with Gasteiger partial charge in [-0.25, -0.2) is 12.7 Å². The van der Waals surface area contributed by atoms with Crippen molar-refractivity contribution in [3.8, 4) is 0 Å². The van der Waals surface area contributed by atoms with Crippen LogP contribution in [0.1, 0.15) is 56.8 Å². The lowest BCUT2D eigenvalue weighted by atomic mass is 9.80. The summed E-state index contributed by atoms with van der Waals surface area (Å²) in [6, 6.07) is 2.11. The highest BCUT2D eigenvalue weighted by atomic mass is 32.2. The number of sulfonamides is 1. The largest absolute Gasteiger partial charge is 0.340 e. The molecule has 0 atom stereocenters. The van der Waals surface area contributed by atoms with E-state index in [0.717, 1.165) is 37.1 Å². The van der Waals surface area contributed by atoms with Crippen LogP contribution in [0.4, 0.5) is 0 Å². The van der Waals surface area contributed by atoms with Crippen LogP contribution in [0.25, 0.3) is 0 Å². The van der Waals surface area contributed by atoms with E-state index in [4.69, 9.17) is 0 Å². The summed E-state index contributed by atoms with van der Waals surface area (Å²) >= 11 is 0. The SMILES string of the molecule is CCS(=O)(=O)N(C)CC1CCC(c2cc(CN(C)C(C)=O)n(C)n2)CC1. The molecule has 1 aromatic rings. The van der Waals surface area contributed by atoms with Gasteiger partial charge in [-0.2, -0.15) is 5.10 Å². The average Bonchev–Trinajstić information content (AvgIpc) is 2.96. The van der Waals surface area contributed by atoms with Gasteiger partial charge in [0, 0.05) is 40.5 Å². The fourth-order valence-corrected chi connectivity index (χ4v) is 4.45. The van der Waals surface area contributed by atoms with Crippen molar-refractivity contribution in [2.45, 2.75) is 52.0 Å². The number of carbonyl (C=O) groups excluding carboxylic acids is 1. The highest BCUT2D eigenvalue weighted by molar-refractivity contribution is 7.89. The molecule has 26 heavy (non-hydrogen) atoms. The number of aryl methyl sites for hydroxylation is 1. The number of rotatable bonds is 7. The first-order valence-electron chi connectivity index (χ1n) is 9.32. The van der Waals surface area contributed by atoms with Gasteiger partial charge >= 0.3 is 0 Å². The van der Waals surface area contributed by atoms with Crippen LogP contribution in [0.15, 0.2) is 6.07 Å². The molecule has 0 unspecified atom stereocenters. The molecule has 1 aliphatic carbocycles. The first kappa shape index (κ1) is 20.9. The van der Waals surface area contributed by atoms with Gasteiger partial charge in [0.1, 0.15) is 0 Å². The van der Waals surface area contributed by atoms with E-state index < -0.39 is 10.0 Å². The third kappa shape index (κ3) is 5.07. The molecule has 0 bridgehead atoms. The molecule has 1 amide bonds. The summed E-state index contributed by atoms with van der Waals surface area (Å²) in [5, 5.41) is 4.66. The molecule has 148 valence electrons. The molecule has 1 aliphatic rings. The second-order valence-electron chi connectivity index (χ2n) is 7.46. The zero-order valence-corrected chi connectivity index (χ0v) is 17.4. The lowest BCUT2D eigenvalue weighted by molar-refractivity contribution is -0.128. The summed E-state index contributed by atoms with van der Waals surface area (Å²) in [5.74, 6) is 1.04. The Morgan fingerprint density at radius 2 is 1.88 bits per heavy atom. The highest BCUT2D eigenvalue weighted by Crippen LogP contribution is 2.36. The van der Waals surface area contributed by atoms with E-state index in [0.29, 0.717) is 24.9 Å². The molecule has 0 saturated heterocycles. The van der Waals surface area contributed by atoms with Gasteiger partial charge in [-0.1, -0.05) is 0 Å².